The van der Waals surface area contributed by atoms with Crippen molar-refractivity contribution < 1.29 is 56.0 Å². The number of benzene rings is 3. The predicted molar refractivity (Wildman–Crippen MR) is 264 cm³/mol. The second-order valence-electron chi connectivity index (χ2n) is 21.6. The van der Waals surface area contributed by atoms with Crippen molar-refractivity contribution >= 4 is 50.9 Å². The molecule has 1 aliphatic carbocycles. The average molecular weight is 1030 g/mol. The number of likely N-dealkylation sites (tertiary alicyclic amines) is 1. The van der Waals surface area contributed by atoms with Crippen LogP contribution >= 0.6 is 0 Å². The molecule has 4 saturated heterocycles. The Hall–Kier alpha value is -6.25. The molecule has 0 unspecified atom stereocenters. The summed E-state index contributed by atoms with van der Waals surface area (Å²) in [6, 6.07) is 10.3. The number of amides is 3. The molecular weight excluding hydrogens is 968 g/mol. The number of ether oxygens (including phenoxy) is 2. The Labute approximate surface area is 424 Å². The van der Waals surface area contributed by atoms with Crippen molar-refractivity contribution in [2.45, 2.75) is 121 Å². The lowest BCUT2D eigenvalue weighted by molar-refractivity contribution is -0.304. The summed E-state index contributed by atoms with van der Waals surface area (Å²) in [5, 5.41) is 25.3. The highest BCUT2D eigenvalue weighted by atomic mass is 19.4. The molecule has 392 valence electrons. The number of hydrogen-bond acceptors (Lipinski definition) is 13. The Balaban J connectivity index is 0.758. The number of anilines is 2. The van der Waals surface area contributed by atoms with Gasteiger partial charge in [-0.05, 0) is 129 Å². The molecule has 3 N–H and O–H groups in total. The maximum absolute atomic E-state index is 17.2. The van der Waals surface area contributed by atoms with Gasteiger partial charge in [0.25, 0.3) is 5.91 Å². The van der Waals surface area contributed by atoms with Crippen LogP contribution < -0.4 is 19.9 Å². The lowest BCUT2D eigenvalue weighted by atomic mass is 9.88. The number of phenolic OH excluding ortho intramolecular Hbond substituents is 1. The summed E-state index contributed by atoms with van der Waals surface area (Å²) in [5.41, 5.74) is -1.40. The first-order valence-corrected chi connectivity index (χ1v) is 25.7. The SMILES string of the molecule is CCc1c(F)ccc2cc(O)cc(-c3ncc4c(N5CCC[C@@](C)(O)C5)nc(OCC5(CN6CCC(OC7CCN(c8ccc9c(c8)CN([C@H]8CCC(=O)NC8=O)C9=O)CC7)(C(F)(F)F)CC6)CC5)nc4c3F)c12. The molecule has 20 heteroatoms. The van der Waals surface area contributed by atoms with Crippen molar-refractivity contribution in [1.82, 2.24) is 30.1 Å². The summed E-state index contributed by atoms with van der Waals surface area (Å²) in [4.78, 5) is 58.8. The van der Waals surface area contributed by atoms with Gasteiger partial charge in [0.15, 0.2) is 11.4 Å². The van der Waals surface area contributed by atoms with Crippen LogP contribution in [0.4, 0.5) is 33.5 Å². The number of pyridine rings is 1. The van der Waals surface area contributed by atoms with Crippen LogP contribution in [0, 0.1) is 17.0 Å². The number of aryl methyl sites for hydroxylation is 1. The quantitative estimate of drug-likeness (QED) is 0.0819. The number of hydrogen-bond donors (Lipinski definition) is 3. The number of halogens is 5. The highest BCUT2D eigenvalue weighted by Gasteiger charge is 2.59. The molecule has 5 aliphatic heterocycles. The molecule has 2 aromatic heterocycles. The van der Waals surface area contributed by atoms with Gasteiger partial charge in [-0.3, -0.25) is 24.7 Å². The van der Waals surface area contributed by atoms with E-state index in [-0.39, 0.29) is 104 Å². The third kappa shape index (κ3) is 9.35. The molecule has 5 aromatic rings. The van der Waals surface area contributed by atoms with Crippen LogP contribution in [0.15, 0.2) is 48.7 Å². The zero-order valence-corrected chi connectivity index (χ0v) is 41.4. The first kappa shape index (κ1) is 49.9. The van der Waals surface area contributed by atoms with Crippen molar-refractivity contribution in [3.05, 3.63) is 77.0 Å². The lowest BCUT2D eigenvalue weighted by Gasteiger charge is -2.46. The molecule has 1 saturated carbocycles. The largest absolute Gasteiger partial charge is 0.508 e. The summed E-state index contributed by atoms with van der Waals surface area (Å²) in [6.07, 6.45) is -0.0601. The Morgan fingerprint density at radius 2 is 1.66 bits per heavy atom. The minimum absolute atomic E-state index is 0.109. The Kier molecular flexibility index (Phi) is 12.7. The highest BCUT2D eigenvalue weighted by molar-refractivity contribution is 6.06. The van der Waals surface area contributed by atoms with Crippen LogP contribution in [0.1, 0.15) is 99.5 Å². The Bertz CT molecular complexity index is 3060. The number of alkyl halides is 3. The van der Waals surface area contributed by atoms with Crippen molar-refractivity contribution in [2.24, 2.45) is 5.41 Å². The first-order valence-electron chi connectivity index (χ1n) is 25.7. The van der Waals surface area contributed by atoms with E-state index >= 15 is 22.0 Å². The predicted octanol–water partition coefficient (Wildman–Crippen LogP) is 7.74. The van der Waals surface area contributed by atoms with Gasteiger partial charge in [-0.1, -0.05) is 13.0 Å². The summed E-state index contributed by atoms with van der Waals surface area (Å²) in [6.45, 7) is 6.28. The van der Waals surface area contributed by atoms with Crippen LogP contribution in [0.5, 0.6) is 11.8 Å². The van der Waals surface area contributed by atoms with Crippen LogP contribution in [0.2, 0.25) is 0 Å². The van der Waals surface area contributed by atoms with Gasteiger partial charge in [-0.2, -0.15) is 23.1 Å². The minimum Gasteiger partial charge on any atom is -0.508 e. The molecule has 5 fully saturated rings. The van der Waals surface area contributed by atoms with Gasteiger partial charge in [0.2, 0.25) is 11.8 Å². The summed E-state index contributed by atoms with van der Waals surface area (Å²) in [7, 11) is 0. The number of aliphatic hydroxyl groups is 1. The van der Waals surface area contributed by atoms with Gasteiger partial charge in [-0.15, -0.1) is 0 Å². The van der Waals surface area contributed by atoms with Gasteiger partial charge in [0.1, 0.15) is 34.6 Å². The number of imide groups is 1. The first-order chi connectivity index (χ1) is 35.3. The van der Waals surface area contributed by atoms with E-state index < -0.39 is 52.5 Å². The fraction of sp³-hybridized carbons (Fsp3) is 0.519. The second-order valence-corrected chi connectivity index (χ2v) is 21.6. The summed E-state index contributed by atoms with van der Waals surface area (Å²) < 4.78 is 90.2. The molecule has 15 nitrogen and oxygen atoms in total. The molecule has 0 bridgehead atoms. The highest BCUT2D eigenvalue weighted by Crippen LogP contribution is 2.49. The third-order valence-electron chi connectivity index (χ3n) is 16.3. The number of carbonyl (C=O) groups excluding carboxylic acids is 3. The molecule has 0 radical (unpaired) electrons. The monoisotopic (exact) mass is 1030 g/mol. The number of nitrogens with one attached hydrogen (secondary N) is 1. The van der Waals surface area contributed by atoms with Crippen LogP contribution in [0.25, 0.3) is 32.9 Å². The van der Waals surface area contributed by atoms with Gasteiger partial charge in [0.05, 0.1) is 23.7 Å². The Morgan fingerprint density at radius 1 is 0.892 bits per heavy atom. The number of phenols is 1. The lowest BCUT2D eigenvalue weighted by Crippen LogP contribution is -2.58. The molecule has 6 aliphatic rings. The standard InChI is InChI=1S/C54H59F5N8O7/c1-3-36-40(55)8-5-31-24-34(68)25-38(43(31)36)45-44(56)46-39(26-60-45)47(66-18-4-13-51(2,72)28-66)63-50(62-46)73-30-52(14-15-52)29-64-21-16-53(17-22-64,54(57,58)59)74-35-11-19-65(20-12-35)33-6-7-37-32(23-33)27-67(49(37)71)41-9-10-42(69)61-48(41)70/h5-8,23-26,35,41,68,72H,3-4,9-22,27-30H2,1-2H3,(H,61,69,70)/t41-,51+/m0/s1. The molecule has 3 aromatic carbocycles. The van der Waals surface area contributed by atoms with E-state index in [9.17, 15) is 24.6 Å². The third-order valence-corrected chi connectivity index (χ3v) is 16.3. The molecule has 74 heavy (non-hydrogen) atoms. The molecule has 3 amide bonds. The van der Waals surface area contributed by atoms with Gasteiger partial charge in [0, 0.05) is 87.2 Å². The normalized spacial score (nSPS) is 23.4. The van der Waals surface area contributed by atoms with E-state index in [1.807, 2.05) is 21.9 Å². The zero-order valence-electron chi connectivity index (χ0n) is 41.4. The molecule has 11 rings (SSSR count). The number of rotatable bonds is 12. The van der Waals surface area contributed by atoms with Gasteiger partial charge >= 0.3 is 12.2 Å². The maximum atomic E-state index is 17.2. The molecular formula is C54H59F5N8O7. The maximum Gasteiger partial charge on any atom is 0.417 e. The van der Waals surface area contributed by atoms with Crippen LogP contribution in [-0.2, 0) is 27.3 Å². The van der Waals surface area contributed by atoms with E-state index in [0.29, 0.717) is 86.0 Å². The van der Waals surface area contributed by atoms with Crippen LogP contribution in [-0.4, -0.2) is 135 Å². The van der Waals surface area contributed by atoms with E-state index in [1.54, 1.807) is 19.9 Å². The van der Waals surface area contributed by atoms with Crippen molar-refractivity contribution in [1.29, 1.82) is 0 Å². The van der Waals surface area contributed by atoms with E-state index in [2.05, 4.69) is 20.2 Å². The topological polar surface area (TPSA) is 174 Å². The number of aromatic nitrogens is 3. The average Bonchev–Trinajstić information content (AvgIpc) is 4.06. The van der Waals surface area contributed by atoms with Gasteiger partial charge < -0.3 is 39.3 Å². The Morgan fingerprint density at radius 3 is 2.36 bits per heavy atom. The van der Waals surface area contributed by atoms with Gasteiger partial charge in [-0.25, -0.2) is 8.78 Å². The van der Waals surface area contributed by atoms with E-state index in [4.69, 9.17) is 14.5 Å². The smallest absolute Gasteiger partial charge is 0.417 e. The number of β-amino-alcohol motifs (C(OH)–C–C–N with tert-alkyl or cyclic N) is 1. The summed E-state index contributed by atoms with van der Waals surface area (Å²) in [5.74, 6) is -2.25. The van der Waals surface area contributed by atoms with E-state index in [0.717, 1.165) is 24.1 Å². The number of fused-ring (bicyclic) bond motifs is 3. The zero-order chi connectivity index (χ0) is 51.9. The fourth-order valence-electron chi connectivity index (χ4n) is 12.0. The fourth-order valence-corrected chi connectivity index (χ4v) is 12.0. The van der Waals surface area contributed by atoms with Crippen molar-refractivity contribution in [2.75, 3.05) is 62.2 Å². The van der Waals surface area contributed by atoms with E-state index in [1.165, 1.54) is 35.4 Å². The van der Waals surface area contributed by atoms with Crippen molar-refractivity contribution in [3.63, 3.8) is 0 Å². The minimum atomic E-state index is -4.60. The molecule has 0 spiro atoms. The number of piperidine rings is 4. The molecule has 7 heterocycles. The number of nitrogens with zero attached hydrogens (tertiary/aromatic N) is 7. The number of carbonyl (C=O) groups is 3. The number of aromatic hydroxyl groups is 1. The summed E-state index contributed by atoms with van der Waals surface area (Å²) >= 11 is 0. The molecule has 2 atom stereocenters. The van der Waals surface area contributed by atoms with Crippen LogP contribution in [0.3, 0.4) is 0 Å². The van der Waals surface area contributed by atoms with Crippen molar-refractivity contribution in [3.8, 4) is 23.0 Å². The second kappa shape index (κ2) is 18.8.